The molecule has 15 heavy (non-hydrogen) atoms. The lowest BCUT2D eigenvalue weighted by Gasteiger charge is -2.36. The fourth-order valence-electron chi connectivity index (χ4n) is 2.09. The molecule has 0 amide bonds. The molecule has 2 rings (SSSR count). The van der Waals surface area contributed by atoms with Crippen molar-refractivity contribution in [2.24, 2.45) is 5.73 Å². The van der Waals surface area contributed by atoms with Gasteiger partial charge in [0.25, 0.3) is 0 Å². The molecule has 1 aromatic carbocycles. The average Bonchev–Trinajstić information content (AvgIpc) is 2.19. The first-order chi connectivity index (χ1) is 6.71. The standard InChI is InChI=1S/C12H17NS.ClH/c1-12(9-11(13)7-8-14-12)10-5-3-2-4-6-10;/h2-6,11H,7-9,13H2,1H3;1H. The molecule has 1 heterocycles. The fourth-order valence-corrected chi connectivity index (χ4v) is 3.59. The van der Waals surface area contributed by atoms with E-state index < -0.39 is 0 Å². The predicted octanol–water partition coefficient (Wildman–Crippen LogP) is 3.18. The molecular weight excluding hydrogens is 226 g/mol. The second-order valence-corrected chi connectivity index (χ2v) is 5.80. The summed E-state index contributed by atoms with van der Waals surface area (Å²) in [7, 11) is 0. The molecule has 1 aliphatic rings. The van der Waals surface area contributed by atoms with E-state index in [-0.39, 0.29) is 17.2 Å². The Kier molecular flexibility index (Phi) is 4.50. The van der Waals surface area contributed by atoms with E-state index in [2.05, 4.69) is 37.3 Å². The van der Waals surface area contributed by atoms with Crippen LogP contribution in [0.1, 0.15) is 25.3 Å². The summed E-state index contributed by atoms with van der Waals surface area (Å²) in [6.45, 7) is 2.31. The Morgan fingerprint density at radius 1 is 1.33 bits per heavy atom. The number of rotatable bonds is 1. The third-order valence-corrected chi connectivity index (χ3v) is 4.42. The molecular formula is C12H18ClNS. The summed E-state index contributed by atoms with van der Waals surface area (Å²) in [5.74, 6) is 1.19. The van der Waals surface area contributed by atoms with Gasteiger partial charge in [0.2, 0.25) is 0 Å². The summed E-state index contributed by atoms with van der Waals surface area (Å²) >= 11 is 2.04. The van der Waals surface area contributed by atoms with E-state index in [0.29, 0.717) is 6.04 Å². The summed E-state index contributed by atoms with van der Waals surface area (Å²) in [5.41, 5.74) is 7.45. The summed E-state index contributed by atoms with van der Waals surface area (Å²) in [6, 6.07) is 11.1. The van der Waals surface area contributed by atoms with E-state index in [0.717, 1.165) is 12.8 Å². The molecule has 1 saturated heterocycles. The molecule has 3 heteroatoms. The second kappa shape index (κ2) is 5.24. The minimum absolute atomic E-state index is 0. The maximum Gasteiger partial charge on any atom is 0.0394 e. The van der Waals surface area contributed by atoms with Crippen molar-refractivity contribution in [1.82, 2.24) is 0 Å². The van der Waals surface area contributed by atoms with Gasteiger partial charge in [0.15, 0.2) is 0 Å². The van der Waals surface area contributed by atoms with Crippen LogP contribution in [0.15, 0.2) is 30.3 Å². The number of thioether (sulfide) groups is 1. The molecule has 84 valence electrons. The first-order valence-corrected chi connectivity index (χ1v) is 6.14. The molecule has 0 aliphatic carbocycles. The Morgan fingerprint density at radius 3 is 2.60 bits per heavy atom. The second-order valence-electron chi connectivity index (χ2n) is 4.20. The van der Waals surface area contributed by atoms with Gasteiger partial charge >= 0.3 is 0 Å². The van der Waals surface area contributed by atoms with Gasteiger partial charge in [-0.25, -0.2) is 0 Å². The molecule has 1 aliphatic heterocycles. The van der Waals surface area contributed by atoms with Gasteiger partial charge in [-0.2, -0.15) is 11.8 Å². The highest BCUT2D eigenvalue weighted by Gasteiger charge is 2.32. The van der Waals surface area contributed by atoms with Crippen LogP contribution in [0.5, 0.6) is 0 Å². The zero-order valence-electron chi connectivity index (χ0n) is 8.98. The van der Waals surface area contributed by atoms with Crippen LogP contribution < -0.4 is 5.73 Å². The van der Waals surface area contributed by atoms with Gasteiger partial charge in [-0.1, -0.05) is 30.3 Å². The highest BCUT2D eigenvalue weighted by molar-refractivity contribution is 8.00. The molecule has 2 N–H and O–H groups in total. The van der Waals surface area contributed by atoms with Crippen LogP contribution in [0.25, 0.3) is 0 Å². The minimum Gasteiger partial charge on any atom is -0.328 e. The Bertz CT molecular complexity index is 304. The third-order valence-electron chi connectivity index (χ3n) is 2.95. The molecule has 2 unspecified atom stereocenters. The monoisotopic (exact) mass is 243 g/mol. The summed E-state index contributed by atoms with van der Waals surface area (Å²) < 4.78 is 0.235. The average molecular weight is 244 g/mol. The first-order valence-electron chi connectivity index (χ1n) is 5.16. The molecule has 1 fully saturated rings. The van der Waals surface area contributed by atoms with Gasteiger partial charge < -0.3 is 5.73 Å². The van der Waals surface area contributed by atoms with Crippen LogP contribution >= 0.6 is 24.2 Å². The highest BCUT2D eigenvalue weighted by Crippen LogP contribution is 2.43. The quantitative estimate of drug-likeness (QED) is 0.820. The molecule has 0 radical (unpaired) electrons. The summed E-state index contributed by atoms with van der Waals surface area (Å²) in [5, 5.41) is 0. The van der Waals surface area contributed by atoms with E-state index in [9.17, 15) is 0 Å². The Hall–Kier alpha value is -0.180. The van der Waals surface area contributed by atoms with Crippen LogP contribution in [-0.2, 0) is 4.75 Å². The van der Waals surface area contributed by atoms with Crippen LogP contribution in [0.4, 0.5) is 0 Å². The first kappa shape index (κ1) is 12.9. The molecule has 2 atom stereocenters. The van der Waals surface area contributed by atoms with Crippen molar-refractivity contribution in [3.8, 4) is 0 Å². The summed E-state index contributed by atoms with van der Waals surface area (Å²) in [6.07, 6.45) is 2.26. The van der Waals surface area contributed by atoms with Crippen LogP contribution in [0.3, 0.4) is 0 Å². The van der Waals surface area contributed by atoms with E-state index in [4.69, 9.17) is 5.73 Å². The molecule has 0 saturated carbocycles. The number of hydrogen-bond donors (Lipinski definition) is 1. The van der Waals surface area contributed by atoms with Gasteiger partial charge in [-0.05, 0) is 31.1 Å². The van der Waals surface area contributed by atoms with Crippen molar-refractivity contribution in [1.29, 1.82) is 0 Å². The Labute approximate surface area is 102 Å². The zero-order valence-corrected chi connectivity index (χ0v) is 10.6. The maximum atomic E-state index is 6.03. The Balaban J connectivity index is 0.00000112. The molecule has 1 nitrogen and oxygen atoms in total. The lowest BCUT2D eigenvalue weighted by atomic mass is 9.92. The van der Waals surface area contributed by atoms with Gasteiger partial charge in [-0.3, -0.25) is 0 Å². The minimum atomic E-state index is 0. The van der Waals surface area contributed by atoms with Crippen molar-refractivity contribution >= 4 is 24.2 Å². The van der Waals surface area contributed by atoms with Gasteiger partial charge in [0, 0.05) is 10.8 Å². The van der Waals surface area contributed by atoms with Crippen molar-refractivity contribution in [2.75, 3.05) is 5.75 Å². The molecule has 0 bridgehead atoms. The molecule has 0 aromatic heterocycles. The predicted molar refractivity (Wildman–Crippen MR) is 70.7 cm³/mol. The van der Waals surface area contributed by atoms with Crippen LogP contribution in [-0.4, -0.2) is 11.8 Å². The Morgan fingerprint density at radius 2 is 2.00 bits per heavy atom. The number of hydrogen-bond acceptors (Lipinski definition) is 2. The number of nitrogens with two attached hydrogens (primary N) is 1. The van der Waals surface area contributed by atoms with E-state index in [1.54, 1.807) is 0 Å². The van der Waals surface area contributed by atoms with Crippen molar-refractivity contribution in [3.63, 3.8) is 0 Å². The highest BCUT2D eigenvalue weighted by atomic mass is 35.5. The maximum absolute atomic E-state index is 6.03. The van der Waals surface area contributed by atoms with Gasteiger partial charge in [-0.15, -0.1) is 12.4 Å². The largest absolute Gasteiger partial charge is 0.328 e. The third kappa shape index (κ3) is 2.90. The molecule has 0 spiro atoms. The number of benzene rings is 1. The topological polar surface area (TPSA) is 26.0 Å². The zero-order chi connectivity index (χ0) is 10.0. The molecule has 1 aromatic rings. The normalized spacial score (nSPS) is 30.7. The van der Waals surface area contributed by atoms with E-state index >= 15 is 0 Å². The van der Waals surface area contributed by atoms with E-state index in [1.165, 1.54) is 11.3 Å². The van der Waals surface area contributed by atoms with E-state index in [1.807, 2.05) is 11.8 Å². The van der Waals surface area contributed by atoms with Crippen LogP contribution in [0.2, 0.25) is 0 Å². The van der Waals surface area contributed by atoms with Crippen molar-refractivity contribution in [2.45, 2.75) is 30.6 Å². The smallest absolute Gasteiger partial charge is 0.0394 e. The van der Waals surface area contributed by atoms with Crippen molar-refractivity contribution < 1.29 is 0 Å². The fraction of sp³-hybridized carbons (Fsp3) is 0.500. The lowest BCUT2D eigenvalue weighted by Crippen LogP contribution is -2.35. The number of halogens is 1. The van der Waals surface area contributed by atoms with Gasteiger partial charge in [0.1, 0.15) is 0 Å². The van der Waals surface area contributed by atoms with Crippen molar-refractivity contribution in [3.05, 3.63) is 35.9 Å². The summed E-state index contributed by atoms with van der Waals surface area (Å²) in [4.78, 5) is 0. The SMILES string of the molecule is CC1(c2ccccc2)CC(N)CCS1.Cl. The van der Waals surface area contributed by atoms with Gasteiger partial charge in [0.05, 0.1) is 0 Å². The van der Waals surface area contributed by atoms with Crippen LogP contribution in [0, 0.1) is 0 Å². The lowest BCUT2D eigenvalue weighted by molar-refractivity contribution is 0.489.